The molecular weight excluding hydrogens is 236 g/mol. The van der Waals surface area contributed by atoms with Gasteiger partial charge in [0.2, 0.25) is 0 Å². The Morgan fingerprint density at radius 1 is 1.29 bits per heavy atom. The van der Waals surface area contributed by atoms with Crippen molar-refractivity contribution < 1.29 is 9.90 Å². The van der Waals surface area contributed by atoms with E-state index in [1.54, 1.807) is 0 Å². The Balaban J connectivity index is 2.22. The van der Waals surface area contributed by atoms with Crippen LogP contribution < -0.4 is 0 Å². The third-order valence-electron chi connectivity index (χ3n) is 2.26. The van der Waals surface area contributed by atoms with Gasteiger partial charge >= 0.3 is 5.97 Å². The molecule has 4 nitrogen and oxygen atoms in total. The van der Waals surface area contributed by atoms with Gasteiger partial charge in [0.15, 0.2) is 0 Å². The monoisotopic (exact) mass is 248 g/mol. The third-order valence-corrected chi connectivity index (χ3v) is 3.32. The Hall–Kier alpha value is -1.62. The zero-order valence-corrected chi connectivity index (χ0v) is 10.2. The predicted octanol–water partition coefficient (Wildman–Crippen LogP) is 2.51. The fourth-order valence-corrected chi connectivity index (χ4v) is 2.33. The standard InChI is InChI=1S/C12H12N2O2S/c1-8-12(17-7-6-11(15)16)14-10-5-3-2-4-9(10)13-8/h2-5H,6-7H2,1H3,(H,15,16). The van der Waals surface area contributed by atoms with E-state index in [9.17, 15) is 4.79 Å². The number of aliphatic carboxylic acids is 1. The average Bonchev–Trinajstić information content (AvgIpc) is 2.29. The number of hydrogen-bond acceptors (Lipinski definition) is 4. The number of aromatic nitrogens is 2. The van der Waals surface area contributed by atoms with Gasteiger partial charge in [0.05, 0.1) is 23.1 Å². The van der Waals surface area contributed by atoms with Crippen molar-refractivity contribution in [1.82, 2.24) is 9.97 Å². The molecule has 0 unspecified atom stereocenters. The van der Waals surface area contributed by atoms with E-state index in [4.69, 9.17) is 5.11 Å². The van der Waals surface area contributed by atoms with Crippen LogP contribution in [0, 0.1) is 6.92 Å². The minimum Gasteiger partial charge on any atom is -0.481 e. The van der Waals surface area contributed by atoms with E-state index in [-0.39, 0.29) is 6.42 Å². The average molecular weight is 248 g/mol. The van der Waals surface area contributed by atoms with Gasteiger partial charge in [0.25, 0.3) is 0 Å². The number of hydrogen-bond donors (Lipinski definition) is 1. The van der Waals surface area contributed by atoms with Gasteiger partial charge in [-0.3, -0.25) is 4.79 Å². The molecular formula is C12H12N2O2S. The summed E-state index contributed by atoms with van der Waals surface area (Å²) in [5.74, 6) is -0.271. The van der Waals surface area contributed by atoms with E-state index in [0.717, 1.165) is 21.8 Å². The fourth-order valence-electron chi connectivity index (χ4n) is 1.44. The highest BCUT2D eigenvalue weighted by Crippen LogP contribution is 2.22. The van der Waals surface area contributed by atoms with Crippen LogP contribution in [0.1, 0.15) is 12.1 Å². The molecule has 1 N–H and O–H groups in total. The minimum atomic E-state index is -0.788. The van der Waals surface area contributed by atoms with Crippen molar-refractivity contribution in [3.8, 4) is 0 Å². The lowest BCUT2D eigenvalue weighted by molar-refractivity contribution is -0.136. The Bertz CT molecular complexity index is 557. The maximum atomic E-state index is 10.4. The molecule has 0 atom stereocenters. The van der Waals surface area contributed by atoms with Gasteiger partial charge in [-0.05, 0) is 19.1 Å². The van der Waals surface area contributed by atoms with Crippen molar-refractivity contribution >= 4 is 28.8 Å². The Morgan fingerprint density at radius 3 is 2.59 bits per heavy atom. The number of nitrogens with zero attached hydrogens (tertiary/aromatic N) is 2. The molecule has 1 aromatic carbocycles. The molecule has 0 aliphatic heterocycles. The molecule has 88 valence electrons. The van der Waals surface area contributed by atoms with Gasteiger partial charge in [-0.25, -0.2) is 9.97 Å². The lowest BCUT2D eigenvalue weighted by atomic mass is 10.3. The van der Waals surface area contributed by atoms with Crippen molar-refractivity contribution in [2.45, 2.75) is 18.4 Å². The van der Waals surface area contributed by atoms with Crippen LogP contribution in [0.2, 0.25) is 0 Å². The molecule has 0 spiro atoms. The van der Waals surface area contributed by atoms with Gasteiger partial charge < -0.3 is 5.11 Å². The molecule has 0 radical (unpaired) electrons. The van der Waals surface area contributed by atoms with Crippen LogP contribution in [0.3, 0.4) is 0 Å². The van der Waals surface area contributed by atoms with Crippen molar-refractivity contribution in [2.24, 2.45) is 0 Å². The molecule has 17 heavy (non-hydrogen) atoms. The number of para-hydroxylation sites is 2. The number of carboxylic acid groups (broad SMARTS) is 1. The summed E-state index contributed by atoms with van der Waals surface area (Å²) < 4.78 is 0. The molecule has 1 aromatic heterocycles. The van der Waals surface area contributed by atoms with E-state index in [2.05, 4.69) is 9.97 Å². The number of benzene rings is 1. The van der Waals surface area contributed by atoms with Crippen molar-refractivity contribution in [2.75, 3.05) is 5.75 Å². The largest absolute Gasteiger partial charge is 0.481 e. The van der Waals surface area contributed by atoms with Crippen LogP contribution in [-0.2, 0) is 4.79 Å². The Kier molecular flexibility index (Phi) is 3.58. The summed E-state index contributed by atoms with van der Waals surface area (Å²) in [7, 11) is 0. The number of thioether (sulfide) groups is 1. The van der Waals surface area contributed by atoms with Crippen LogP contribution in [0.4, 0.5) is 0 Å². The highest BCUT2D eigenvalue weighted by molar-refractivity contribution is 7.99. The molecule has 0 bridgehead atoms. The first kappa shape index (κ1) is 11.9. The fraction of sp³-hybridized carbons (Fsp3) is 0.250. The predicted molar refractivity (Wildman–Crippen MR) is 67.3 cm³/mol. The van der Waals surface area contributed by atoms with Crippen LogP contribution in [-0.4, -0.2) is 26.8 Å². The second-order valence-corrected chi connectivity index (χ2v) is 4.68. The first-order valence-corrected chi connectivity index (χ1v) is 6.23. The first-order chi connectivity index (χ1) is 8.16. The van der Waals surface area contributed by atoms with E-state index >= 15 is 0 Å². The second kappa shape index (κ2) is 5.14. The van der Waals surface area contributed by atoms with E-state index in [0.29, 0.717) is 5.75 Å². The first-order valence-electron chi connectivity index (χ1n) is 5.25. The van der Waals surface area contributed by atoms with Gasteiger partial charge in [0, 0.05) is 5.75 Å². The van der Waals surface area contributed by atoms with Crippen LogP contribution >= 0.6 is 11.8 Å². The maximum absolute atomic E-state index is 10.4. The van der Waals surface area contributed by atoms with Crippen molar-refractivity contribution in [3.63, 3.8) is 0 Å². The highest BCUT2D eigenvalue weighted by atomic mass is 32.2. The lowest BCUT2D eigenvalue weighted by Crippen LogP contribution is -1.98. The summed E-state index contributed by atoms with van der Waals surface area (Å²) in [6.45, 7) is 1.89. The van der Waals surface area contributed by atoms with E-state index in [1.165, 1.54) is 11.8 Å². The number of rotatable bonds is 4. The van der Waals surface area contributed by atoms with Crippen LogP contribution in [0.5, 0.6) is 0 Å². The summed E-state index contributed by atoms with van der Waals surface area (Å²) in [6, 6.07) is 7.66. The van der Waals surface area contributed by atoms with Gasteiger partial charge in [0.1, 0.15) is 5.03 Å². The molecule has 5 heteroatoms. The molecule has 1 heterocycles. The zero-order valence-electron chi connectivity index (χ0n) is 9.38. The molecule has 0 saturated heterocycles. The van der Waals surface area contributed by atoms with Crippen molar-refractivity contribution in [1.29, 1.82) is 0 Å². The third kappa shape index (κ3) is 2.94. The second-order valence-electron chi connectivity index (χ2n) is 3.60. The summed E-state index contributed by atoms with van der Waals surface area (Å²) in [5.41, 5.74) is 2.56. The molecule has 0 fully saturated rings. The molecule has 2 aromatic rings. The number of carboxylic acids is 1. The van der Waals surface area contributed by atoms with E-state index in [1.807, 2.05) is 31.2 Å². The number of fused-ring (bicyclic) bond motifs is 1. The smallest absolute Gasteiger partial charge is 0.304 e. The topological polar surface area (TPSA) is 63.1 Å². The molecule has 2 rings (SSSR count). The summed E-state index contributed by atoms with van der Waals surface area (Å²) in [5, 5.41) is 9.39. The quantitative estimate of drug-likeness (QED) is 0.842. The minimum absolute atomic E-state index is 0.138. The normalized spacial score (nSPS) is 10.6. The van der Waals surface area contributed by atoms with Gasteiger partial charge in [-0.1, -0.05) is 12.1 Å². The maximum Gasteiger partial charge on any atom is 0.304 e. The van der Waals surface area contributed by atoms with Crippen molar-refractivity contribution in [3.05, 3.63) is 30.0 Å². The lowest BCUT2D eigenvalue weighted by Gasteiger charge is -2.05. The summed E-state index contributed by atoms with van der Waals surface area (Å²) in [4.78, 5) is 19.4. The number of aryl methyl sites for hydroxylation is 1. The molecule has 0 saturated carbocycles. The van der Waals surface area contributed by atoms with Crippen LogP contribution in [0.15, 0.2) is 29.3 Å². The molecule has 0 aliphatic rings. The highest BCUT2D eigenvalue weighted by Gasteiger charge is 2.06. The SMILES string of the molecule is Cc1nc2ccccc2nc1SCCC(=O)O. The Labute approximate surface area is 103 Å². The van der Waals surface area contributed by atoms with Gasteiger partial charge in [-0.2, -0.15) is 0 Å². The van der Waals surface area contributed by atoms with E-state index < -0.39 is 5.97 Å². The zero-order chi connectivity index (χ0) is 12.3. The van der Waals surface area contributed by atoms with Gasteiger partial charge in [-0.15, -0.1) is 11.8 Å². The Morgan fingerprint density at radius 2 is 1.94 bits per heavy atom. The number of carbonyl (C=O) groups is 1. The molecule has 0 amide bonds. The van der Waals surface area contributed by atoms with Crippen LogP contribution in [0.25, 0.3) is 11.0 Å². The summed E-state index contributed by atoms with van der Waals surface area (Å²) >= 11 is 1.44. The summed E-state index contributed by atoms with van der Waals surface area (Å²) in [6.07, 6.45) is 0.138. The molecule has 0 aliphatic carbocycles.